The molecule has 140 valence electrons. The molecule has 27 heavy (non-hydrogen) atoms. The lowest BCUT2D eigenvalue weighted by molar-refractivity contribution is -0.141. The van der Waals surface area contributed by atoms with E-state index in [1.165, 1.54) is 0 Å². The molecule has 2 bridgehead atoms. The van der Waals surface area contributed by atoms with E-state index in [2.05, 4.69) is 48.1 Å². The third kappa shape index (κ3) is 2.20. The molecule has 2 saturated carbocycles. The molecule has 5 nitrogen and oxygen atoms in total. The van der Waals surface area contributed by atoms with E-state index >= 15 is 0 Å². The fourth-order valence-corrected chi connectivity index (χ4v) is 5.66. The molecule has 1 spiro atoms. The molecule has 0 N–H and O–H groups in total. The van der Waals surface area contributed by atoms with Gasteiger partial charge in [0.05, 0.1) is 18.1 Å². The third-order valence-electron chi connectivity index (χ3n) is 7.17. The van der Waals surface area contributed by atoms with Gasteiger partial charge in [0.2, 0.25) is 0 Å². The van der Waals surface area contributed by atoms with Crippen LogP contribution in [0.4, 0.5) is 5.69 Å². The Morgan fingerprint density at radius 1 is 1.04 bits per heavy atom. The number of hydrazone groups is 1. The largest absolute Gasteiger partial charge is 0.372 e. The molecule has 4 unspecified atom stereocenters. The van der Waals surface area contributed by atoms with E-state index in [-0.39, 0.29) is 40.9 Å². The molecule has 1 aromatic rings. The molecule has 4 atom stereocenters. The van der Waals surface area contributed by atoms with Gasteiger partial charge in [-0.05, 0) is 61.6 Å². The summed E-state index contributed by atoms with van der Waals surface area (Å²) in [6.45, 7) is 6.19. The van der Waals surface area contributed by atoms with E-state index < -0.39 is 0 Å². The summed E-state index contributed by atoms with van der Waals surface area (Å²) in [6.07, 6.45) is 8.31. The van der Waals surface area contributed by atoms with E-state index in [9.17, 15) is 9.59 Å². The van der Waals surface area contributed by atoms with Crippen LogP contribution >= 0.6 is 0 Å². The van der Waals surface area contributed by atoms with Crippen LogP contribution in [0.1, 0.15) is 32.3 Å². The monoisotopic (exact) mass is 363 g/mol. The fourth-order valence-electron chi connectivity index (χ4n) is 5.66. The van der Waals surface area contributed by atoms with Crippen LogP contribution in [0.15, 0.2) is 41.5 Å². The molecule has 0 aromatic heterocycles. The van der Waals surface area contributed by atoms with Crippen molar-refractivity contribution < 1.29 is 9.59 Å². The van der Waals surface area contributed by atoms with Crippen LogP contribution in [0, 0.1) is 29.1 Å². The first-order valence-corrected chi connectivity index (χ1v) is 10.1. The van der Waals surface area contributed by atoms with Gasteiger partial charge in [-0.2, -0.15) is 10.1 Å². The predicted octanol–water partition coefficient (Wildman–Crippen LogP) is 3.06. The lowest BCUT2D eigenvalue weighted by Crippen LogP contribution is -2.30. The van der Waals surface area contributed by atoms with Gasteiger partial charge in [-0.3, -0.25) is 9.59 Å². The first-order chi connectivity index (χ1) is 13.1. The smallest absolute Gasteiger partial charge is 0.254 e. The molecular formula is C22H25N3O2. The minimum atomic E-state index is -0.183. The van der Waals surface area contributed by atoms with Crippen LogP contribution in [-0.4, -0.2) is 36.1 Å². The molecule has 1 saturated heterocycles. The quantitative estimate of drug-likeness (QED) is 0.459. The Balaban J connectivity index is 1.34. The Labute approximate surface area is 159 Å². The zero-order valence-corrected chi connectivity index (χ0v) is 15.8. The van der Waals surface area contributed by atoms with Gasteiger partial charge in [-0.25, -0.2) is 0 Å². The normalized spacial score (nSPS) is 32.1. The number of amides is 2. The summed E-state index contributed by atoms with van der Waals surface area (Å²) in [5.41, 5.74) is 2.29. The third-order valence-corrected chi connectivity index (χ3v) is 7.17. The Kier molecular flexibility index (Phi) is 3.58. The number of carbonyl (C=O) groups excluding carboxylic acids is 2. The number of hydrogen-bond donors (Lipinski definition) is 0. The maximum atomic E-state index is 12.9. The molecule has 4 aliphatic rings. The minimum absolute atomic E-state index is 0.107. The van der Waals surface area contributed by atoms with E-state index in [1.807, 2.05) is 12.1 Å². The number of nitrogens with zero attached hydrogens (tertiary/aromatic N) is 3. The van der Waals surface area contributed by atoms with Gasteiger partial charge < -0.3 is 4.90 Å². The average Bonchev–Trinajstić information content (AvgIpc) is 3.29. The highest BCUT2D eigenvalue weighted by atomic mass is 16.2. The highest BCUT2D eigenvalue weighted by Gasteiger charge is 2.73. The van der Waals surface area contributed by atoms with Crippen LogP contribution in [0.3, 0.4) is 0 Å². The zero-order valence-electron chi connectivity index (χ0n) is 15.8. The maximum absolute atomic E-state index is 12.9. The topological polar surface area (TPSA) is 53.0 Å². The summed E-state index contributed by atoms with van der Waals surface area (Å²) < 4.78 is 0. The first kappa shape index (κ1) is 16.7. The lowest BCUT2D eigenvalue weighted by Gasteiger charge is -2.21. The molecule has 1 aliphatic heterocycles. The van der Waals surface area contributed by atoms with Crippen LogP contribution < -0.4 is 4.90 Å². The Hall–Kier alpha value is -2.43. The number of hydrogen-bond acceptors (Lipinski definition) is 4. The summed E-state index contributed by atoms with van der Waals surface area (Å²) in [7, 11) is 0. The number of benzene rings is 1. The van der Waals surface area contributed by atoms with Gasteiger partial charge in [0.1, 0.15) is 0 Å². The summed E-state index contributed by atoms with van der Waals surface area (Å²) in [6, 6.07) is 8.07. The van der Waals surface area contributed by atoms with Crippen molar-refractivity contribution in [2.24, 2.45) is 34.2 Å². The van der Waals surface area contributed by atoms with Crippen molar-refractivity contribution in [1.82, 2.24) is 5.01 Å². The number of anilines is 1. The lowest BCUT2D eigenvalue weighted by atomic mass is 9.85. The molecular weight excluding hydrogens is 338 g/mol. The zero-order chi connectivity index (χ0) is 18.8. The highest BCUT2D eigenvalue weighted by Crippen LogP contribution is 2.73. The van der Waals surface area contributed by atoms with E-state index in [1.54, 1.807) is 6.21 Å². The van der Waals surface area contributed by atoms with Gasteiger partial charge >= 0.3 is 0 Å². The number of allylic oxidation sites excluding steroid dienone is 2. The van der Waals surface area contributed by atoms with Gasteiger partial charge in [0.15, 0.2) is 0 Å². The van der Waals surface area contributed by atoms with Crippen molar-refractivity contribution in [3.8, 4) is 0 Å². The van der Waals surface area contributed by atoms with Crippen molar-refractivity contribution in [1.29, 1.82) is 0 Å². The Morgan fingerprint density at radius 3 is 2.07 bits per heavy atom. The highest BCUT2D eigenvalue weighted by molar-refractivity contribution is 6.07. The van der Waals surface area contributed by atoms with Crippen LogP contribution in [-0.2, 0) is 9.59 Å². The second-order valence-corrected chi connectivity index (χ2v) is 8.22. The first-order valence-electron chi connectivity index (χ1n) is 10.1. The average molecular weight is 363 g/mol. The molecule has 0 radical (unpaired) electrons. The van der Waals surface area contributed by atoms with Crippen molar-refractivity contribution in [3.63, 3.8) is 0 Å². The molecule has 3 aliphatic carbocycles. The summed E-state index contributed by atoms with van der Waals surface area (Å²) in [5, 5.41) is 5.42. The van der Waals surface area contributed by atoms with Crippen LogP contribution in [0.25, 0.3) is 0 Å². The van der Waals surface area contributed by atoms with Crippen molar-refractivity contribution in [2.45, 2.75) is 26.7 Å². The van der Waals surface area contributed by atoms with Gasteiger partial charge in [0, 0.05) is 18.8 Å². The number of rotatable bonds is 5. The molecule has 3 fully saturated rings. The maximum Gasteiger partial charge on any atom is 0.254 e. The van der Waals surface area contributed by atoms with Crippen molar-refractivity contribution >= 4 is 23.7 Å². The summed E-state index contributed by atoms with van der Waals surface area (Å²) >= 11 is 0. The second-order valence-electron chi connectivity index (χ2n) is 8.22. The van der Waals surface area contributed by atoms with Crippen molar-refractivity contribution in [2.75, 3.05) is 18.0 Å². The number of carbonyl (C=O) groups is 2. The van der Waals surface area contributed by atoms with E-state index in [0.29, 0.717) is 0 Å². The SMILES string of the molecule is CCN(CC)c1ccc(C=NN2C(=O)C3C(C2=O)C2C=CC3C23CC3)cc1. The molecule has 5 heteroatoms. The molecule has 5 rings (SSSR count). The predicted molar refractivity (Wildman–Crippen MR) is 104 cm³/mol. The van der Waals surface area contributed by atoms with Gasteiger partial charge in [-0.15, -0.1) is 0 Å². The van der Waals surface area contributed by atoms with Crippen LogP contribution in [0.5, 0.6) is 0 Å². The molecule has 1 heterocycles. The van der Waals surface area contributed by atoms with Gasteiger partial charge in [-0.1, -0.05) is 24.3 Å². The fraction of sp³-hybridized carbons (Fsp3) is 0.500. The van der Waals surface area contributed by atoms with E-state index in [0.717, 1.165) is 42.2 Å². The minimum Gasteiger partial charge on any atom is -0.372 e. The summed E-state index contributed by atoms with van der Waals surface area (Å²) in [5.74, 6) is -0.0855. The second kappa shape index (κ2) is 5.78. The standard InChI is InChI=1S/C22H25N3O2/c1-3-24(4-2)15-7-5-14(6-8-15)13-23-25-20(26)18-16-9-10-17(19(18)21(25)27)22(16)11-12-22/h5-10,13,16-19H,3-4,11-12H2,1-2H3. The number of imide groups is 1. The molecule has 2 amide bonds. The number of fused-ring (bicyclic) bond motifs is 3. The van der Waals surface area contributed by atoms with Crippen molar-refractivity contribution in [3.05, 3.63) is 42.0 Å². The Bertz CT molecular complexity index is 815. The molecule has 1 aromatic carbocycles. The van der Waals surface area contributed by atoms with Gasteiger partial charge in [0.25, 0.3) is 11.8 Å². The summed E-state index contributed by atoms with van der Waals surface area (Å²) in [4.78, 5) is 28.1. The van der Waals surface area contributed by atoms with E-state index in [4.69, 9.17) is 0 Å². The van der Waals surface area contributed by atoms with Crippen LogP contribution in [0.2, 0.25) is 0 Å². The Morgan fingerprint density at radius 2 is 1.59 bits per heavy atom.